The Labute approximate surface area is 160 Å². The van der Waals surface area contributed by atoms with Gasteiger partial charge in [0.2, 0.25) is 17.7 Å². The van der Waals surface area contributed by atoms with E-state index in [1.165, 1.54) is 6.07 Å². The number of carbonyl (C=O) groups excluding carboxylic acids is 3. The van der Waals surface area contributed by atoms with Gasteiger partial charge < -0.3 is 26.8 Å². The molecule has 28 heavy (non-hydrogen) atoms. The average Bonchev–Trinajstić information content (AvgIpc) is 2.97. The van der Waals surface area contributed by atoms with Gasteiger partial charge in [-0.1, -0.05) is 11.3 Å². The highest BCUT2D eigenvalue weighted by Gasteiger charge is 2.31. The number of amides is 3. The third-order valence-corrected chi connectivity index (χ3v) is 4.24. The van der Waals surface area contributed by atoms with Crippen molar-refractivity contribution in [3.8, 4) is 5.75 Å². The maximum atomic E-state index is 12.3. The van der Waals surface area contributed by atoms with Gasteiger partial charge in [-0.25, -0.2) is 4.98 Å². The predicted molar refractivity (Wildman–Crippen MR) is 94.3 cm³/mol. The summed E-state index contributed by atoms with van der Waals surface area (Å²) < 4.78 is 41.0. The number of thiazole rings is 1. The van der Waals surface area contributed by atoms with Gasteiger partial charge in [0.1, 0.15) is 5.75 Å². The van der Waals surface area contributed by atoms with Crippen molar-refractivity contribution in [2.24, 2.45) is 11.5 Å². The molecule has 3 amide bonds. The first-order chi connectivity index (χ1) is 13.0. The number of hydrogen-bond donors (Lipinski definition) is 4. The van der Waals surface area contributed by atoms with Crippen molar-refractivity contribution < 1.29 is 32.3 Å². The molecule has 0 unspecified atom stereocenters. The fraction of sp³-hybridized carbons (Fsp3) is 0.333. The molecule has 2 aromatic rings. The van der Waals surface area contributed by atoms with Crippen LogP contribution in [0.25, 0.3) is 10.2 Å². The lowest BCUT2D eigenvalue weighted by Gasteiger charge is -2.10. The Hall–Kier alpha value is -2.93. The number of nitrogens with two attached hydrogens (primary N) is 2. The van der Waals surface area contributed by atoms with Crippen molar-refractivity contribution >= 4 is 44.4 Å². The van der Waals surface area contributed by atoms with Crippen molar-refractivity contribution in [2.45, 2.75) is 25.2 Å². The Balaban J connectivity index is 1.90. The van der Waals surface area contributed by atoms with Crippen LogP contribution in [0.2, 0.25) is 0 Å². The monoisotopic (exact) mass is 419 g/mol. The molecule has 0 aliphatic carbocycles. The standard InChI is InChI=1S/C15H16F3N5O4S/c16-15(17,18)27-7-1-3-9-10(5-7)28-14(22-9)23-12(25)6-21-13(26)8(19)2-4-11(20)24/h1,3,5,8H,2,4,6,19H2,(H2,20,24)(H,21,26)(H,22,23,25)/t8-/m1/s1. The van der Waals surface area contributed by atoms with Crippen LogP contribution in [0.15, 0.2) is 18.2 Å². The second kappa shape index (κ2) is 8.84. The highest BCUT2D eigenvalue weighted by Crippen LogP contribution is 2.31. The highest BCUT2D eigenvalue weighted by molar-refractivity contribution is 7.22. The molecule has 152 valence electrons. The van der Waals surface area contributed by atoms with E-state index in [0.29, 0.717) is 10.2 Å². The van der Waals surface area contributed by atoms with E-state index >= 15 is 0 Å². The number of aromatic nitrogens is 1. The van der Waals surface area contributed by atoms with Gasteiger partial charge in [0, 0.05) is 12.5 Å². The topological polar surface area (TPSA) is 149 Å². The van der Waals surface area contributed by atoms with Gasteiger partial charge in [-0.3, -0.25) is 14.4 Å². The lowest BCUT2D eigenvalue weighted by atomic mass is 10.1. The number of nitrogens with zero attached hydrogens (tertiary/aromatic N) is 1. The number of alkyl halides is 3. The summed E-state index contributed by atoms with van der Waals surface area (Å²) in [6.07, 6.45) is -4.83. The molecule has 0 saturated carbocycles. The molecular weight excluding hydrogens is 403 g/mol. The maximum absolute atomic E-state index is 12.3. The summed E-state index contributed by atoms with van der Waals surface area (Å²) in [5, 5.41) is 4.85. The minimum Gasteiger partial charge on any atom is -0.406 e. The number of ether oxygens (including phenoxy) is 1. The van der Waals surface area contributed by atoms with Gasteiger partial charge in [-0.05, 0) is 18.6 Å². The normalized spacial score (nSPS) is 12.4. The lowest BCUT2D eigenvalue weighted by molar-refractivity contribution is -0.274. The molecule has 2 rings (SSSR count). The molecule has 0 aliphatic rings. The molecule has 1 aromatic carbocycles. The molecule has 1 heterocycles. The first kappa shape index (κ1) is 21.4. The van der Waals surface area contributed by atoms with E-state index in [9.17, 15) is 27.6 Å². The molecule has 13 heteroatoms. The third-order valence-electron chi connectivity index (χ3n) is 3.30. The number of benzene rings is 1. The second-order valence-corrected chi connectivity index (χ2v) is 6.60. The number of rotatable bonds is 8. The van der Waals surface area contributed by atoms with Crippen molar-refractivity contribution in [1.29, 1.82) is 0 Å². The van der Waals surface area contributed by atoms with Crippen LogP contribution in [0.1, 0.15) is 12.8 Å². The number of anilines is 1. The van der Waals surface area contributed by atoms with Crippen LogP contribution >= 0.6 is 11.3 Å². The van der Waals surface area contributed by atoms with Gasteiger partial charge in [-0.15, -0.1) is 13.2 Å². The van der Waals surface area contributed by atoms with Crippen molar-refractivity contribution in [2.75, 3.05) is 11.9 Å². The van der Waals surface area contributed by atoms with Crippen molar-refractivity contribution in [3.63, 3.8) is 0 Å². The third kappa shape index (κ3) is 6.66. The highest BCUT2D eigenvalue weighted by atomic mass is 32.1. The summed E-state index contributed by atoms with van der Waals surface area (Å²) >= 11 is 0.938. The van der Waals surface area contributed by atoms with E-state index in [0.717, 1.165) is 23.5 Å². The molecule has 0 fully saturated rings. The first-order valence-electron chi connectivity index (χ1n) is 7.81. The van der Waals surface area contributed by atoms with Crippen molar-refractivity contribution in [3.05, 3.63) is 18.2 Å². The molecule has 0 bridgehead atoms. The molecule has 6 N–H and O–H groups in total. The summed E-state index contributed by atoms with van der Waals surface area (Å²) in [5.74, 6) is -2.24. The molecule has 0 saturated heterocycles. The molecule has 1 aromatic heterocycles. The fourth-order valence-corrected chi connectivity index (χ4v) is 2.96. The summed E-state index contributed by atoms with van der Waals surface area (Å²) in [6, 6.07) is 2.59. The number of nitrogens with one attached hydrogen (secondary N) is 2. The van der Waals surface area contributed by atoms with E-state index in [4.69, 9.17) is 11.5 Å². The zero-order valence-electron chi connectivity index (χ0n) is 14.2. The van der Waals surface area contributed by atoms with E-state index in [-0.39, 0.29) is 18.0 Å². The largest absolute Gasteiger partial charge is 0.573 e. The predicted octanol–water partition coefficient (Wildman–Crippen LogP) is 0.842. The molecule has 9 nitrogen and oxygen atoms in total. The van der Waals surface area contributed by atoms with Crippen LogP contribution in [0, 0.1) is 0 Å². The lowest BCUT2D eigenvalue weighted by Crippen LogP contribution is -2.44. The first-order valence-corrected chi connectivity index (χ1v) is 8.63. The SMILES string of the molecule is NC(=O)CC[C@@H](N)C(=O)NCC(=O)Nc1nc2ccc(OC(F)(F)F)cc2s1. The van der Waals surface area contributed by atoms with Crippen LogP contribution in [0.3, 0.4) is 0 Å². The quantitative estimate of drug-likeness (QED) is 0.498. The van der Waals surface area contributed by atoms with Gasteiger partial charge in [0.05, 0.1) is 22.8 Å². The Bertz CT molecular complexity index is 886. The number of carbonyl (C=O) groups is 3. The number of halogens is 3. The fourth-order valence-electron chi connectivity index (χ4n) is 2.05. The van der Waals surface area contributed by atoms with E-state index in [2.05, 4.69) is 20.4 Å². The van der Waals surface area contributed by atoms with Crippen LogP contribution in [-0.4, -0.2) is 41.7 Å². The maximum Gasteiger partial charge on any atom is 0.573 e. The van der Waals surface area contributed by atoms with Crippen LogP contribution in [-0.2, 0) is 14.4 Å². The Morgan fingerprint density at radius 1 is 1.29 bits per heavy atom. The Morgan fingerprint density at radius 2 is 2.00 bits per heavy atom. The number of fused-ring (bicyclic) bond motifs is 1. The number of hydrogen-bond acceptors (Lipinski definition) is 7. The van der Waals surface area contributed by atoms with Crippen LogP contribution < -0.4 is 26.8 Å². The van der Waals surface area contributed by atoms with Crippen molar-refractivity contribution in [1.82, 2.24) is 10.3 Å². The smallest absolute Gasteiger partial charge is 0.406 e. The molecule has 0 radical (unpaired) electrons. The molecule has 1 atom stereocenters. The van der Waals surface area contributed by atoms with Crippen LogP contribution in [0.4, 0.5) is 18.3 Å². The van der Waals surface area contributed by atoms with Gasteiger partial charge >= 0.3 is 6.36 Å². The zero-order valence-corrected chi connectivity index (χ0v) is 15.0. The summed E-state index contributed by atoms with van der Waals surface area (Å²) in [6.45, 7) is -0.401. The van der Waals surface area contributed by atoms with Gasteiger partial charge in [-0.2, -0.15) is 0 Å². The van der Waals surface area contributed by atoms with E-state index in [1.54, 1.807) is 0 Å². The zero-order chi connectivity index (χ0) is 20.9. The Morgan fingerprint density at radius 3 is 2.64 bits per heavy atom. The van der Waals surface area contributed by atoms with E-state index < -0.39 is 42.4 Å². The minimum atomic E-state index is -4.81. The molecular formula is C15H16F3N5O4S. The average molecular weight is 419 g/mol. The molecule has 0 aliphatic heterocycles. The van der Waals surface area contributed by atoms with Crippen LogP contribution in [0.5, 0.6) is 5.75 Å². The molecule has 0 spiro atoms. The summed E-state index contributed by atoms with van der Waals surface area (Å²) in [7, 11) is 0. The summed E-state index contributed by atoms with van der Waals surface area (Å²) in [5.41, 5.74) is 10.9. The number of primary amides is 1. The van der Waals surface area contributed by atoms with E-state index in [1.807, 2.05) is 0 Å². The Kier molecular flexibility index (Phi) is 6.75. The van der Waals surface area contributed by atoms with Gasteiger partial charge in [0.25, 0.3) is 0 Å². The van der Waals surface area contributed by atoms with Gasteiger partial charge in [0.15, 0.2) is 5.13 Å². The second-order valence-electron chi connectivity index (χ2n) is 5.57. The minimum absolute atomic E-state index is 0.0446. The summed E-state index contributed by atoms with van der Waals surface area (Å²) in [4.78, 5) is 38.3.